The second-order valence-electron chi connectivity index (χ2n) is 5.97. The lowest BCUT2D eigenvalue weighted by Crippen LogP contribution is -2.51. The van der Waals surface area contributed by atoms with E-state index in [1.165, 1.54) is 29.4 Å². The van der Waals surface area contributed by atoms with E-state index in [1.807, 2.05) is 35.2 Å². The van der Waals surface area contributed by atoms with Crippen LogP contribution in [0.25, 0.3) is 0 Å². The summed E-state index contributed by atoms with van der Waals surface area (Å²) in [5.74, 6) is 5.13. The van der Waals surface area contributed by atoms with E-state index in [0.717, 1.165) is 25.1 Å². The van der Waals surface area contributed by atoms with Crippen molar-refractivity contribution >= 4 is 29.4 Å². The molecule has 1 N–H and O–H groups in total. The maximum atomic E-state index is 12.6. The van der Waals surface area contributed by atoms with Crippen LogP contribution in [-0.2, 0) is 0 Å². The average Bonchev–Trinajstić information content (AvgIpc) is 2.84. The molecule has 2 heterocycles. The molecule has 0 radical (unpaired) electrons. The Morgan fingerprint density at radius 2 is 1.82 bits per heavy atom. The summed E-state index contributed by atoms with van der Waals surface area (Å²) in [5, 5.41) is 3.80. The summed E-state index contributed by atoms with van der Waals surface area (Å²) >= 11 is 4.11. The van der Waals surface area contributed by atoms with Crippen molar-refractivity contribution in [3.8, 4) is 0 Å². The van der Waals surface area contributed by atoms with Crippen LogP contribution in [0.15, 0.2) is 30.3 Å². The van der Waals surface area contributed by atoms with Gasteiger partial charge in [0.2, 0.25) is 0 Å². The maximum absolute atomic E-state index is 12.6. The highest BCUT2D eigenvalue weighted by molar-refractivity contribution is 8.03. The van der Waals surface area contributed by atoms with Crippen LogP contribution in [-0.4, -0.2) is 59.0 Å². The highest BCUT2D eigenvalue weighted by Gasteiger charge is 2.26. The molecule has 2 saturated heterocycles. The van der Waals surface area contributed by atoms with Crippen LogP contribution >= 0.6 is 23.5 Å². The number of carbonyl (C=O) groups excluding carboxylic acids is 1. The van der Waals surface area contributed by atoms with Gasteiger partial charge in [0.15, 0.2) is 0 Å². The minimum absolute atomic E-state index is 0.178. The van der Waals surface area contributed by atoms with Gasteiger partial charge in [-0.1, -0.05) is 18.2 Å². The van der Waals surface area contributed by atoms with Crippen LogP contribution in [0.3, 0.4) is 0 Å². The third kappa shape index (κ3) is 4.43. The first-order valence-electron chi connectivity index (χ1n) is 8.09. The number of thioether (sulfide) groups is 2. The highest BCUT2D eigenvalue weighted by Crippen LogP contribution is 2.19. The molecule has 0 bridgehead atoms. The van der Waals surface area contributed by atoms with Crippen molar-refractivity contribution < 1.29 is 4.79 Å². The first kappa shape index (κ1) is 16.2. The largest absolute Gasteiger partial charge is 0.337 e. The molecule has 120 valence electrons. The summed E-state index contributed by atoms with van der Waals surface area (Å²) in [4.78, 5) is 14.6. The third-order valence-corrected chi connectivity index (χ3v) is 6.73. The van der Waals surface area contributed by atoms with Crippen molar-refractivity contribution in [2.24, 2.45) is 0 Å². The smallest absolute Gasteiger partial charge is 0.253 e. The number of hydrogen-bond donors (Lipinski definition) is 1. The second-order valence-corrected chi connectivity index (χ2v) is 8.27. The molecule has 2 fully saturated rings. The number of carbonyl (C=O) groups is 1. The van der Waals surface area contributed by atoms with Gasteiger partial charge >= 0.3 is 0 Å². The van der Waals surface area contributed by atoms with Crippen molar-refractivity contribution in [2.75, 3.05) is 36.1 Å². The summed E-state index contributed by atoms with van der Waals surface area (Å²) in [6.45, 7) is 1.74. The highest BCUT2D eigenvalue weighted by atomic mass is 32.2. The van der Waals surface area contributed by atoms with Gasteiger partial charge in [-0.3, -0.25) is 4.79 Å². The number of nitrogens with zero attached hydrogens (tertiary/aromatic N) is 1. The van der Waals surface area contributed by atoms with Gasteiger partial charge in [0.05, 0.1) is 0 Å². The zero-order valence-corrected chi connectivity index (χ0v) is 14.5. The molecule has 0 aromatic heterocycles. The molecule has 0 saturated carbocycles. The molecule has 1 amide bonds. The number of likely N-dealkylation sites (tertiary alicyclic amines) is 1. The monoisotopic (exact) mass is 336 g/mol. The SMILES string of the molecule is O=C(c1ccccc1)N1CCC[C@@H](NC2CSCCSC2)C1. The fraction of sp³-hybridized carbons (Fsp3) is 0.588. The number of benzene rings is 1. The van der Waals surface area contributed by atoms with Crippen LogP contribution in [0, 0.1) is 0 Å². The lowest BCUT2D eigenvalue weighted by molar-refractivity contribution is 0.0691. The molecule has 2 aliphatic rings. The van der Waals surface area contributed by atoms with E-state index in [9.17, 15) is 4.79 Å². The van der Waals surface area contributed by atoms with E-state index >= 15 is 0 Å². The summed E-state index contributed by atoms with van der Waals surface area (Å²) in [5.41, 5.74) is 0.809. The molecule has 1 atom stereocenters. The van der Waals surface area contributed by atoms with Crippen molar-refractivity contribution in [1.82, 2.24) is 10.2 Å². The molecular weight excluding hydrogens is 312 g/mol. The van der Waals surface area contributed by atoms with Gasteiger partial charge in [0.25, 0.3) is 5.91 Å². The predicted molar refractivity (Wildman–Crippen MR) is 96.9 cm³/mol. The normalized spacial score (nSPS) is 24.0. The maximum Gasteiger partial charge on any atom is 0.253 e. The van der Waals surface area contributed by atoms with Gasteiger partial charge in [0, 0.05) is 53.7 Å². The summed E-state index contributed by atoms with van der Waals surface area (Å²) in [6.07, 6.45) is 2.29. The van der Waals surface area contributed by atoms with Gasteiger partial charge in [0.1, 0.15) is 0 Å². The van der Waals surface area contributed by atoms with Gasteiger partial charge in [-0.25, -0.2) is 0 Å². The Kier molecular flexibility index (Phi) is 6.10. The van der Waals surface area contributed by atoms with E-state index in [2.05, 4.69) is 28.8 Å². The third-order valence-electron chi connectivity index (χ3n) is 4.21. The zero-order chi connectivity index (χ0) is 15.2. The van der Waals surface area contributed by atoms with Gasteiger partial charge in [-0.15, -0.1) is 0 Å². The lowest BCUT2D eigenvalue weighted by Gasteiger charge is -2.35. The molecule has 5 heteroatoms. The molecular formula is C17H24N2OS2. The van der Waals surface area contributed by atoms with Crippen LogP contribution in [0.4, 0.5) is 0 Å². The van der Waals surface area contributed by atoms with Gasteiger partial charge < -0.3 is 10.2 Å². The molecule has 22 heavy (non-hydrogen) atoms. The number of hydrogen-bond acceptors (Lipinski definition) is 4. The minimum atomic E-state index is 0.178. The topological polar surface area (TPSA) is 32.3 Å². The fourth-order valence-corrected chi connectivity index (χ4v) is 5.53. The van der Waals surface area contributed by atoms with Crippen LogP contribution in [0.5, 0.6) is 0 Å². The van der Waals surface area contributed by atoms with E-state index in [4.69, 9.17) is 0 Å². The number of amides is 1. The molecule has 1 aromatic rings. The Hall–Kier alpha value is -0.650. The zero-order valence-electron chi connectivity index (χ0n) is 12.9. The standard InChI is InChI=1S/C17H24N2OS2/c20-17(14-5-2-1-3-6-14)19-8-4-7-15(11-19)18-16-12-21-9-10-22-13-16/h1-3,5-6,15-16,18H,4,7-13H2/t15-/m1/s1. The van der Waals surface area contributed by atoms with Gasteiger partial charge in [-0.05, 0) is 25.0 Å². The first-order chi connectivity index (χ1) is 10.8. The minimum Gasteiger partial charge on any atom is -0.337 e. The first-order valence-corrected chi connectivity index (χ1v) is 10.4. The fourth-order valence-electron chi connectivity index (χ4n) is 3.11. The molecule has 0 unspecified atom stereocenters. The van der Waals surface area contributed by atoms with Gasteiger partial charge in [-0.2, -0.15) is 23.5 Å². The van der Waals surface area contributed by atoms with Crippen LogP contribution in [0.2, 0.25) is 0 Å². The van der Waals surface area contributed by atoms with E-state index < -0.39 is 0 Å². The van der Waals surface area contributed by atoms with Crippen molar-refractivity contribution in [3.05, 3.63) is 35.9 Å². The second kappa shape index (κ2) is 8.27. The number of rotatable bonds is 3. The van der Waals surface area contributed by atoms with Crippen molar-refractivity contribution in [2.45, 2.75) is 24.9 Å². The van der Waals surface area contributed by atoms with E-state index in [0.29, 0.717) is 12.1 Å². The average molecular weight is 337 g/mol. The number of nitrogens with one attached hydrogen (secondary N) is 1. The lowest BCUT2D eigenvalue weighted by atomic mass is 10.0. The van der Waals surface area contributed by atoms with E-state index in [-0.39, 0.29) is 5.91 Å². The predicted octanol–water partition coefficient (Wildman–Crippen LogP) is 2.73. The quantitative estimate of drug-likeness (QED) is 0.920. The molecule has 0 aliphatic carbocycles. The summed E-state index contributed by atoms with van der Waals surface area (Å²) in [6, 6.07) is 10.7. The van der Waals surface area contributed by atoms with Crippen LogP contribution < -0.4 is 5.32 Å². The Labute approximate surface area is 141 Å². The number of piperidine rings is 1. The molecule has 2 aliphatic heterocycles. The Bertz CT molecular complexity index is 475. The molecule has 1 aromatic carbocycles. The molecule has 0 spiro atoms. The van der Waals surface area contributed by atoms with E-state index in [1.54, 1.807) is 0 Å². The van der Waals surface area contributed by atoms with Crippen molar-refractivity contribution in [1.29, 1.82) is 0 Å². The van der Waals surface area contributed by atoms with Crippen LogP contribution in [0.1, 0.15) is 23.2 Å². The Morgan fingerprint density at radius 3 is 2.55 bits per heavy atom. The van der Waals surface area contributed by atoms with Crippen molar-refractivity contribution in [3.63, 3.8) is 0 Å². The molecule has 3 nitrogen and oxygen atoms in total. The Morgan fingerprint density at radius 1 is 1.09 bits per heavy atom. The summed E-state index contributed by atoms with van der Waals surface area (Å²) in [7, 11) is 0. The molecule has 3 rings (SSSR count). The Balaban J connectivity index is 1.56. The summed E-state index contributed by atoms with van der Waals surface area (Å²) < 4.78 is 0.